The zero-order valence-corrected chi connectivity index (χ0v) is 11.2. The van der Waals surface area contributed by atoms with Crippen LogP contribution in [0.25, 0.3) is 10.9 Å². The van der Waals surface area contributed by atoms with Crippen LogP contribution in [0.5, 0.6) is 5.75 Å². The number of anilines is 1. The van der Waals surface area contributed by atoms with Crippen LogP contribution >= 0.6 is 0 Å². The molecule has 1 unspecified atom stereocenters. The number of rotatable bonds is 4. The summed E-state index contributed by atoms with van der Waals surface area (Å²) in [5.74, 6) is 1.95. The molecule has 96 valence electrons. The molecule has 0 aliphatic rings. The number of benzene rings is 1. The van der Waals surface area contributed by atoms with Crippen LogP contribution in [0.1, 0.15) is 27.2 Å². The Hall–Kier alpha value is -1.77. The van der Waals surface area contributed by atoms with Crippen LogP contribution < -0.4 is 10.5 Å². The van der Waals surface area contributed by atoms with Crippen molar-refractivity contribution >= 4 is 16.7 Å². The van der Waals surface area contributed by atoms with E-state index in [1.807, 2.05) is 30.3 Å². The summed E-state index contributed by atoms with van der Waals surface area (Å²) in [4.78, 5) is 4.36. The zero-order valence-electron chi connectivity index (χ0n) is 11.2. The molecule has 3 heteroatoms. The number of fused-ring (bicyclic) bond motifs is 1. The maximum absolute atomic E-state index is 5.98. The van der Waals surface area contributed by atoms with Crippen LogP contribution in [0, 0.1) is 5.92 Å². The first-order chi connectivity index (χ1) is 8.56. The molecule has 0 fully saturated rings. The highest BCUT2D eigenvalue weighted by Gasteiger charge is 2.10. The number of ether oxygens (including phenoxy) is 1. The SMILES string of the molecule is CC(C)CC(C)Oc1cccc2ccc(N)nc12. The third kappa shape index (κ3) is 2.92. The first-order valence-electron chi connectivity index (χ1n) is 6.38. The lowest BCUT2D eigenvalue weighted by Crippen LogP contribution is -2.14. The van der Waals surface area contributed by atoms with Gasteiger partial charge < -0.3 is 10.5 Å². The van der Waals surface area contributed by atoms with Gasteiger partial charge in [0.15, 0.2) is 0 Å². The van der Waals surface area contributed by atoms with Gasteiger partial charge in [-0.3, -0.25) is 0 Å². The number of nitrogens with two attached hydrogens (primary N) is 1. The Balaban J connectivity index is 2.30. The Bertz CT molecular complexity index is 537. The van der Waals surface area contributed by atoms with Crippen molar-refractivity contribution in [1.29, 1.82) is 0 Å². The monoisotopic (exact) mass is 244 g/mol. The number of nitrogen functional groups attached to an aromatic ring is 1. The maximum Gasteiger partial charge on any atom is 0.146 e. The summed E-state index contributed by atoms with van der Waals surface area (Å²) in [6, 6.07) is 9.73. The standard InChI is InChI=1S/C15H20N2O/c1-10(2)9-11(3)18-13-6-4-5-12-7-8-14(16)17-15(12)13/h4-8,10-11H,9H2,1-3H3,(H2,16,17). The lowest BCUT2D eigenvalue weighted by molar-refractivity contribution is 0.195. The van der Waals surface area contributed by atoms with Crippen molar-refractivity contribution in [2.75, 3.05) is 5.73 Å². The van der Waals surface area contributed by atoms with E-state index in [1.54, 1.807) is 0 Å². The van der Waals surface area contributed by atoms with Crippen molar-refractivity contribution in [3.8, 4) is 5.75 Å². The van der Waals surface area contributed by atoms with Crippen molar-refractivity contribution in [3.63, 3.8) is 0 Å². The Kier molecular flexibility index (Phi) is 3.70. The van der Waals surface area contributed by atoms with Crippen LogP contribution in [0.3, 0.4) is 0 Å². The van der Waals surface area contributed by atoms with E-state index in [-0.39, 0.29) is 6.10 Å². The highest BCUT2D eigenvalue weighted by atomic mass is 16.5. The topological polar surface area (TPSA) is 48.1 Å². The molecule has 0 aliphatic carbocycles. The third-order valence-corrected chi connectivity index (χ3v) is 2.84. The second-order valence-electron chi connectivity index (χ2n) is 5.12. The summed E-state index contributed by atoms with van der Waals surface area (Å²) < 4.78 is 5.98. The maximum atomic E-state index is 5.98. The smallest absolute Gasteiger partial charge is 0.146 e. The van der Waals surface area contributed by atoms with Gasteiger partial charge in [0.1, 0.15) is 17.1 Å². The fourth-order valence-electron chi connectivity index (χ4n) is 2.16. The lowest BCUT2D eigenvalue weighted by Gasteiger charge is -2.17. The quantitative estimate of drug-likeness (QED) is 0.893. The van der Waals surface area contributed by atoms with E-state index in [0.29, 0.717) is 11.7 Å². The molecular formula is C15H20N2O. The molecule has 2 aromatic rings. The minimum atomic E-state index is 0.179. The number of para-hydroxylation sites is 1. The van der Waals surface area contributed by atoms with Crippen molar-refractivity contribution in [2.24, 2.45) is 5.92 Å². The summed E-state index contributed by atoms with van der Waals surface area (Å²) in [5, 5.41) is 1.05. The molecule has 0 radical (unpaired) electrons. The van der Waals surface area contributed by atoms with Crippen molar-refractivity contribution in [2.45, 2.75) is 33.3 Å². The molecule has 0 bridgehead atoms. The Morgan fingerprint density at radius 3 is 2.67 bits per heavy atom. The number of nitrogens with zero attached hydrogens (tertiary/aromatic N) is 1. The molecule has 0 aliphatic heterocycles. The van der Waals surface area contributed by atoms with Crippen molar-refractivity contribution in [1.82, 2.24) is 4.98 Å². The van der Waals surface area contributed by atoms with Gasteiger partial charge in [0.05, 0.1) is 6.10 Å². The van der Waals surface area contributed by atoms with Gasteiger partial charge >= 0.3 is 0 Å². The predicted octanol–water partition coefficient (Wildman–Crippen LogP) is 3.63. The highest BCUT2D eigenvalue weighted by Crippen LogP contribution is 2.26. The van der Waals surface area contributed by atoms with E-state index < -0.39 is 0 Å². The largest absolute Gasteiger partial charge is 0.488 e. The number of hydrogen-bond acceptors (Lipinski definition) is 3. The summed E-state index contributed by atoms with van der Waals surface area (Å²) in [6.45, 7) is 6.48. The summed E-state index contributed by atoms with van der Waals surface area (Å²) in [7, 11) is 0. The van der Waals surface area contributed by atoms with E-state index in [0.717, 1.165) is 23.1 Å². The lowest BCUT2D eigenvalue weighted by atomic mass is 10.1. The zero-order chi connectivity index (χ0) is 13.1. The molecule has 1 aromatic heterocycles. The first-order valence-corrected chi connectivity index (χ1v) is 6.38. The second kappa shape index (κ2) is 5.25. The molecular weight excluding hydrogens is 224 g/mol. The van der Waals surface area contributed by atoms with Gasteiger partial charge in [0.25, 0.3) is 0 Å². The molecule has 3 nitrogen and oxygen atoms in total. The fourth-order valence-corrected chi connectivity index (χ4v) is 2.16. The van der Waals surface area contributed by atoms with E-state index in [1.165, 1.54) is 0 Å². The summed E-state index contributed by atoms with van der Waals surface area (Å²) in [6.07, 6.45) is 1.21. The van der Waals surface area contributed by atoms with Gasteiger partial charge in [-0.2, -0.15) is 0 Å². The average molecular weight is 244 g/mol. The predicted molar refractivity (Wildman–Crippen MR) is 75.7 cm³/mol. The van der Waals surface area contributed by atoms with Crippen LogP contribution in [0.15, 0.2) is 30.3 Å². The van der Waals surface area contributed by atoms with Crippen LogP contribution in [-0.4, -0.2) is 11.1 Å². The Morgan fingerprint density at radius 1 is 1.17 bits per heavy atom. The Morgan fingerprint density at radius 2 is 1.94 bits per heavy atom. The summed E-state index contributed by atoms with van der Waals surface area (Å²) in [5.41, 5.74) is 6.58. The van der Waals surface area contributed by atoms with Gasteiger partial charge in [0, 0.05) is 5.39 Å². The van der Waals surface area contributed by atoms with Gasteiger partial charge in [0.2, 0.25) is 0 Å². The van der Waals surface area contributed by atoms with E-state index in [2.05, 4.69) is 25.8 Å². The number of aromatic nitrogens is 1. The van der Waals surface area contributed by atoms with E-state index >= 15 is 0 Å². The molecule has 18 heavy (non-hydrogen) atoms. The minimum Gasteiger partial charge on any atom is -0.488 e. The van der Waals surface area contributed by atoms with Gasteiger partial charge in [-0.1, -0.05) is 26.0 Å². The molecule has 1 heterocycles. The molecule has 2 rings (SSSR count). The second-order valence-corrected chi connectivity index (χ2v) is 5.12. The molecule has 0 saturated carbocycles. The summed E-state index contributed by atoms with van der Waals surface area (Å²) >= 11 is 0. The number of hydrogen-bond donors (Lipinski definition) is 1. The molecule has 0 amide bonds. The highest BCUT2D eigenvalue weighted by molar-refractivity contribution is 5.85. The number of pyridine rings is 1. The minimum absolute atomic E-state index is 0.179. The van der Waals surface area contributed by atoms with Crippen LogP contribution in [0.4, 0.5) is 5.82 Å². The van der Waals surface area contributed by atoms with Crippen molar-refractivity contribution < 1.29 is 4.74 Å². The molecule has 0 saturated heterocycles. The van der Waals surface area contributed by atoms with Gasteiger partial charge in [-0.25, -0.2) is 4.98 Å². The van der Waals surface area contributed by atoms with Crippen LogP contribution in [0.2, 0.25) is 0 Å². The average Bonchev–Trinajstić information content (AvgIpc) is 2.28. The van der Waals surface area contributed by atoms with Crippen LogP contribution in [-0.2, 0) is 0 Å². The normalized spacial score (nSPS) is 12.9. The van der Waals surface area contributed by atoms with E-state index in [4.69, 9.17) is 10.5 Å². The van der Waals surface area contributed by atoms with Gasteiger partial charge in [-0.05, 0) is 37.5 Å². The first kappa shape index (κ1) is 12.7. The fraction of sp³-hybridized carbons (Fsp3) is 0.400. The van der Waals surface area contributed by atoms with E-state index in [9.17, 15) is 0 Å². The molecule has 1 atom stereocenters. The molecule has 1 aromatic carbocycles. The van der Waals surface area contributed by atoms with Crippen molar-refractivity contribution in [3.05, 3.63) is 30.3 Å². The third-order valence-electron chi connectivity index (χ3n) is 2.84. The Labute approximate surface area is 108 Å². The van der Waals surface area contributed by atoms with Gasteiger partial charge in [-0.15, -0.1) is 0 Å². The molecule has 0 spiro atoms. The molecule has 2 N–H and O–H groups in total.